The van der Waals surface area contributed by atoms with Gasteiger partial charge in [-0.2, -0.15) is 0 Å². The lowest BCUT2D eigenvalue weighted by atomic mass is 10.3. The van der Waals surface area contributed by atoms with Crippen LogP contribution in [0.25, 0.3) is 0 Å². The molecule has 0 atom stereocenters. The average Bonchev–Trinajstić information content (AvgIpc) is 2.79. The van der Waals surface area contributed by atoms with E-state index in [0.717, 1.165) is 39.3 Å². The fourth-order valence-electron chi connectivity index (χ4n) is 1.91. The first-order chi connectivity index (χ1) is 8.29. The van der Waals surface area contributed by atoms with Gasteiger partial charge in [0.2, 0.25) is 0 Å². The summed E-state index contributed by atoms with van der Waals surface area (Å²) in [4.78, 5) is 9.46. The molecular formula is C12H22N4S. The molecule has 2 heterocycles. The molecule has 1 aliphatic heterocycles. The van der Waals surface area contributed by atoms with Crippen LogP contribution in [0.3, 0.4) is 0 Å². The molecule has 1 aliphatic rings. The summed E-state index contributed by atoms with van der Waals surface area (Å²) in [6.07, 6.45) is 1.18. The van der Waals surface area contributed by atoms with E-state index < -0.39 is 0 Å². The van der Waals surface area contributed by atoms with Crippen molar-refractivity contribution in [3.63, 3.8) is 0 Å². The summed E-state index contributed by atoms with van der Waals surface area (Å²) >= 11 is 1.77. The highest BCUT2D eigenvalue weighted by Gasteiger charge is 2.16. The first-order valence-corrected chi connectivity index (χ1v) is 7.26. The summed E-state index contributed by atoms with van der Waals surface area (Å²) in [6, 6.07) is 0. The van der Waals surface area contributed by atoms with Crippen molar-refractivity contribution >= 4 is 16.5 Å². The standard InChI is InChI=1S/C12H22N4S/c1-3-4-13-9-11-10-17-12(14-11)16-7-5-15(2)6-8-16/h10,13H,3-9H2,1-2H3. The molecule has 0 aromatic carbocycles. The van der Waals surface area contributed by atoms with Crippen molar-refractivity contribution < 1.29 is 0 Å². The van der Waals surface area contributed by atoms with Crippen molar-refractivity contribution in [3.8, 4) is 0 Å². The van der Waals surface area contributed by atoms with Crippen LogP contribution >= 0.6 is 11.3 Å². The van der Waals surface area contributed by atoms with Gasteiger partial charge in [-0.15, -0.1) is 11.3 Å². The Morgan fingerprint density at radius 1 is 1.35 bits per heavy atom. The maximum Gasteiger partial charge on any atom is 0.185 e. The van der Waals surface area contributed by atoms with Crippen LogP contribution in [0.2, 0.25) is 0 Å². The Labute approximate surface area is 108 Å². The van der Waals surface area contributed by atoms with E-state index >= 15 is 0 Å². The van der Waals surface area contributed by atoms with Gasteiger partial charge >= 0.3 is 0 Å². The van der Waals surface area contributed by atoms with Crippen molar-refractivity contribution in [2.45, 2.75) is 19.9 Å². The van der Waals surface area contributed by atoms with E-state index in [0.29, 0.717) is 0 Å². The summed E-state index contributed by atoms with van der Waals surface area (Å²) in [5, 5.41) is 6.76. The average molecular weight is 254 g/mol. The molecule has 0 aliphatic carbocycles. The van der Waals surface area contributed by atoms with Gasteiger partial charge in [-0.3, -0.25) is 0 Å². The van der Waals surface area contributed by atoms with Crippen LogP contribution in [0.4, 0.5) is 5.13 Å². The number of aromatic nitrogens is 1. The summed E-state index contributed by atoms with van der Waals surface area (Å²) in [5.74, 6) is 0. The van der Waals surface area contributed by atoms with Crippen molar-refractivity contribution in [1.29, 1.82) is 0 Å². The fourth-order valence-corrected chi connectivity index (χ4v) is 2.79. The number of likely N-dealkylation sites (N-methyl/N-ethyl adjacent to an activating group) is 1. The highest BCUT2D eigenvalue weighted by molar-refractivity contribution is 7.13. The molecule has 0 saturated carbocycles. The fraction of sp³-hybridized carbons (Fsp3) is 0.750. The lowest BCUT2D eigenvalue weighted by molar-refractivity contribution is 0.312. The van der Waals surface area contributed by atoms with Gasteiger partial charge in [0.05, 0.1) is 5.69 Å². The van der Waals surface area contributed by atoms with Gasteiger partial charge in [-0.05, 0) is 20.0 Å². The zero-order valence-corrected chi connectivity index (χ0v) is 11.6. The molecule has 2 rings (SSSR count). The lowest BCUT2D eigenvalue weighted by Crippen LogP contribution is -2.44. The molecule has 1 N–H and O–H groups in total. The summed E-state index contributed by atoms with van der Waals surface area (Å²) in [5.41, 5.74) is 1.18. The number of thiazole rings is 1. The molecule has 0 amide bonds. The molecule has 96 valence electrons. The number of nitrogens with zero attached hydrogens (tertiary/aromatic N) is 3. The monoisotopic (exact) mass is 254 g/mol. The van der Waals surface area contributed by atoms with Gasteiger partial charge in [-0.25, -0.2) is 4.98 Å². The van der Waals surface area contributed by atoms with E-state index in [9.17, 15) is 0 Å². The topological polar surface area (TPSA) is 31.4 Å². The minimum Gasteiger partial charge on any atom is -0.346 e. The molecule has 5 heteroatoms. The number of hydrogen-bond donors (Lipinski definition) is 1. The highest BCUT2D eigenvalue weighted by Crippen LogP contribution is 2.21. The van der Waals surface area contributed by atoms with Crippen LogP contribution < -0.4 is 10.2 Å². The van der Waals surface area contributed by atoms with Crippen LogP contribution in [0.15, 0.2) is 5.38 Å². The molecule has 0 bridgehead atoms. The Balaban J connectivity index is 1.85. The largest absolute Gasteiger partial charge is 0.346 e. The van der Waals surface area contributed by atoms with E-state index in [-0.39, 0.29) is 0 Å². The Morgan fingerprint density at radius 3 is 2.82 bits per heavy atom. The number of anilines is 1. The van der Waals surface area contributed by atoms with Crippen molar-refractivity contribution in [3.05, 3.63) is 11.1 Å². The van der Waals surface area contributed by atoms with Gasteiger partial charge in [0.1, 0.15) is 0 Å². The maximum absolute atomic E-state index is 4.69. The summed E-state index contributed by atoms with van der Waals surface area (Å²) in [6.45, 7) is 8.65. The van der Waals surface area contributed by atoms with Crippen molar-refractivity contribution in [1.82, 2.24) is 15.2 Å². The van der Waals surface area contributed by atoms with Crippen LogP contribution in [0, 0.1) is 0 Å². The maximum atomic E-state index is 4.69. The van der Waals surface area contributed by atoms with E-state index in [1.54, 1.807) is 11.3 Å². The normalized spacial score (nSPS) is 17.6. The first kappa shape index (κ1) is 12.8. The minimum atomic E-state index is 0.901. The Morgan fingerprint density at radius 2 is 2.12 bits per heavy atom. The highest BCUT2D eigenvalue weighted by atomic mass is 32.1. The molecule has 1 fully saturated rings. The Kier molecular flexibility index (Phi) is 4.76. The van der Waals surface area contributed by atoms with Gasteiger partial charge in [0.25, 0.3) is 0 Å². The van der Waals surface area contributed by atoms with Gasteiger partial charge in [0.15, 0.2) is 5.13 Å². The molecule has 1 saturated heterocycles. The van der Waals surface area contributed by atoms with E-state index in [2.05, 4.69) is 34.5 Å². The van der Waals surface area contributed by atoms with Gasteiger partial charge in [0, 0.05) is 38.1 Å². The first-order valence-electron chi connectivity index (χ1n) is 6.38. The van der Waals surface area contributed by atoms with Crippen LogP contribution in [0.5, 0.6) is 0 Å². The minimum absolute atomic E-state index is 0.901. The molecule has 0 spiro atoms. The van der Waals surface area contributed by atoms with Crippen LogP contribution in [-0.2, 0) is 6.54 Å². The lowest BCUT2D eigenvalue weighted by Gasteiger charge is -2.32. The summed E-state index contributed by atoms with van der Waals surface area (Å²) in [7, 11) is 2.18. The van der Waals surface area contributed by atoms with Crippen molar-refractivity contribution in [2.75, 3.05) is 44.7 Å². The third-order valence-corrected chi connectivity index (χ3v) is 4.00. The van der Waals surface area contributed by atoms with Crippen LogP contribution in [0.1, 0.15) is 19.0 Å². The zero-order valence-electron chi connectivity index (χ0n) is 10.8. The predicted molar refractivity (Wildman–Crippen MR) is 73.8 cm³/mol. The van der Waals surface area contributed by atoms with Crippen LogP contribution in [-0.4, -0.2) is 49.7 Å². The molecular weight excluding hydrogens is 232 g/mol. The zero-order chi connectivity index (χ0) is 12.1. The SMILES string of the molecule is CCCNCc1csc(N2CCN(C)CC2)n1. The third-order valence-electron chi connectivity index (χ3n) is 3.05. The second-order valence-electron chi connectivity index (χ2n) is 4.59. The van der Waals surface area contributed by atoms with Crippen molar-refractivity contribution in [2.24, 2.45) is 0 Å². The van der Waals surface area contributed by atoms with E-state index in [4.69, 9.17) is 4.98 Å². The molecule has 17 heavy (non-hydrogen) atoms. The number of hydrogen-bond acceptors (Lipinski definition) is 5. The number of rotatable bonds is 5. The van der Waals surface area contributed by atoms with Gasteiger partial charge < -0.3 is 15.1 Å². The molecule has 1 aromatic rings. The molecule has 0 radical (unpaired) electrons. The second-order valence-corrected chi connectivity index (χ2v) is 5.43. The van der Waals surface area contributed by atoms with Gasteiger partial charge in [-0.1, -0.05) is 6.92 Å². The molecule has 4 nitrogen and oxygen atoms in total. The van der Waals surface area contributed by atoms with E-state index in [1.165, 1.54) is 17.2 Å². The second kappa shape index (κ2) is 6.33. The predicted octanol–water partition coefficient (Wildman–Crippen LogP) is 1.39. The quantitative estimate of drug-likeness (QED) is 0.805. The Hall–Kier alpha value is -0.650. The number of nitrogens with one attached hydrogen (secondary N) is 1. The smallest absolute Gasteiger partial charge is 0.185 e. The Bertz CT molecular complexity index is 331. The van der Waals surface area contributed by atoms with E-state index in [1.807, 2.05) is 0 Å². The third kappa shape index (κ3) is 3.66. The number of piperazine rings is 1. The molecule has 1 aromatic heterocycles. The molecule has 0 unspecified atom stereocenters. The summed E-state index contributed by atoms with van der Waals surface area (Å²) < 4.78 is 0.